The maximum absolute atomic E-state index is 11.0. The number of nitrogens with zero attached hydrogens (tertiary/aromatic N) is 3. The van der Waals surface area contributed by atoms with Crippen LogP contribution >= 0.6 is 128 Å². The fourth-order valence-electron chi connectivity index (χ4n) is 8.63. The number of benzene rings is 5. The van der Waals surface area contributed by atoms with Crippen LogP contribution in [0.4, 0.5) is 0 Å². The molecule has 0 radical (unpaired) electrons. The fourth-order valence-corrected chi connectivity index (χ4v) is 14.5. The Hall–Kier alpha value is -1.46. The summed E-state index contributed by atoms with van der Waals surface area (Å²) in [4.78, 5) is 40.8. The number of phenols is 3. The summed E-state index contributed by atoms with van der Waals surface area (Å²) in [6.45, 7) is 4.20. The van der Waals surface area contributed by atoms with Gasteiger partial charge in [-0.1, -0.05) is 46.2 Å². The van der Waals surface area contributed by atoms with Gasteiger partial charge < -0.3 is 52.3 Å². The summed E-state index contributed by atoms with van der Waals surface area (Å²) in [5.41, 5.74) is 0. The largest absolute Gasteiger partial charge is 1.00 e. The number of thioether (sulfide) groups is 3. The van der Waals surface area contributed by atoms with Crippen LogP contribution in [0.5, 0.6) is 28.7 Å². The summed E-state index contributed by atoms with van der Waals surface area (Å²) >= 11 is 28.6. The number of phenolic OH excluding ortho intramolecular Hbond substituents is 3. The van der Waals surface area contributed by atoms with Gasteiger partial charge in [0.2, 0.25) is 0 Å². The van der Waals surface area contributed by atoms with Crippen LogP contribution in [0.3, 0.4) is 0 Å². The van der Waals surface area contributed by atoms with E-state index in [4.69, 9.17) is 34.2 Å². The SMILES string of the molecule is C.C.C.CC(=O)Oc1ccc(S)cc1Br.CC(=O)Oc1ccc(SC(C)=O)cc1Br.CN1C2CCC1CC(OS(C)(=O)=O)C2.CN1C2CCC1CC(Sc1ccc(O)c(Br)c1)C2.CO.C[S-].N#CSc1ccc(O)c(Br)c1.Oc1ccccc1Br.[Na+]. The molecule has 4 saturated heterocycles. The Morgan fingerprint density at radius 3 is 1.40 bits per heavy atom. The monoisotopic (exact) mass is 1630 g/mol. The van der Waals surface area contributed by atoms with Crippen LogP contribution in [0, 0.1) is 10.7 Å². The average molecular weight is 1640 g/mol. The van der Waals surface area contributed by atoms with Gasteiger partial charge in [-0.2, -0.15) is 19.9 Å². The van der Waals surface area contributed by atoms with E-state index < -0.39 is 10.1 Å². The molecule has 5 aromatic carbocycles. The summed E-state index contributed by atoms with van der Waals surface area (Å²) < 4.78 is 40.3. The third-order valence-electron chi connectivity index (χ3n) is 12.2. The van der Waals surface area contributed by atoms with Crippen molar-refractivity contribution < 1.29 is 86.4 Å². The molecule has 4 unspecified atom stereocenters. The molecular formula is C59H79Br5N3NaO12S6. The van der Waals surface area contributed by atoms with Crippen molar-refractivity contribution in [1.29, 1.82) is 5.26 Å². The van der Waals surface area contributed by atoms with Gasteiger partial charge in [-0.3, -0.25) is 18.6 Å². The van der Waals surface area contributed by atoms with Crippen molar-refractivity contribution in [2.45, 2.75) is 150 Å². The zero-order valence-electron chi connectivity index (χ0n) is 47.1. The summed E-state index contributed by atoms with van der Waals surface area (Å²) in [6, 6.07) is 30.8. The van der Waals surface area contributed by atoms with Gasteiger partial charge in [0.05, 0.1) is 34.7 Å². The average Bonchev–Trinajstić information content (AvgIpc) is 2.74. The maximum atomic E-state index is 11.0. The third-order valence-corrected chi connectivity index (χ3v) is 18.8. The third kappa shape index (κ3) is 33.7. The molecule has 4 bridgehead atoms. The van der Waals surface area contributed by atoms with Crippen molar-refractivity contribution in [3.8, 4) is 34.1 Å². The normalized spacial score (nSPS) is 18.2. The number of thiol groups is 1. The zero-order chi connectivity index (χ0) is 61.9. The number of halogens is 5. The van der Waals surface area contributed by atoms with Crippen molar-refractivity contribution in [2.24, 2.45) is 0 Å². The smallest absolute Gasteiger partial charge is 0.796 e. The number of aliphatic hydroxyl groups excluding tert-OH is 1. The van der Waals surface area contributed by atoms with E-state index in [1.54, 1.807) is 85.1 Å². The molecule has 0 saturated carbocycles. The predicted octanol–water partition coefficient (Wildman–Crippen LogP) is 13.7. The molecule has 9 rings (SSSR count). The first-order chi connectivity index (χ1) is 38.7. The Labute approximate surface area is 598 Å². The van der Waals surface area contributed by atoms with Crippen LogP contribution in [-0.4, -0.2) is 125 Å². The second-order valence-corrected chi connectivity index (χ2v) is 27.9. The minimum atomic E-state index is -3.28. The minimum Gasteiger partial charge on any atom is -0.796 e. The van der Waals surface area contributed by atoms with Gasteiger partial charge in [-0.15, -0.1) is 24.4 Å². The van der Waals surface area contributed by atoms with Gasteiger partial charge in [-0.25, -0.2) is 0 Å². The van der Waals surface area contributed by atoms with E-state index in [1.165, 1.54) is 64.2 Å². The van der Waals surface area contributed by atoms with Crippen molar-refractivity contribution in [2.75, 3.05) is 33.7 Å². The first-order valence-corrected chi connectivity index (χ1v) is 34.4. The number of aliphatic hydroxyl groups is 1. The number of piperidine rings is 2. The van der Waals surface area contributed by atoms with E-state index in [9.17, 15) is 27.9 Å². The number of aromatic hydroxyl groups is 3. The fraction of sp³-hybridized carbons (Fsp3) is 0.424. The number of rotatable bonds is 8. The summed E-state index contributed by atoms with van der Waals surface area (Å²) in [5.74, 6) is 1.06. The van der Waals surface area contributed by atoms with E-state index in [2.05, 4.69) is 129 Å². The van der Waals surface area contributed by atoms with E-state index in [-0.39, 0.29) is 86.5 Å². The van der Waals surface area contributed by atoms with E-state index in [0.29, 0.717) is 38.3 Å². The van der Waals surface area contributed by atoms with Crippen LogP contribution in [0.1, 0.15) is 94.4 Å². The molecule has 4 heterocycles. The van der Waals surface area contributed by atoms with Crippen LogP contribution < -0.4 is 39.0 Å². The van der Waals surface area contributed by atoms with Gasteiger partial charge >= 0.3 is 41.5 Å². The number of ether oxygens (including phenoxy) is 2. The minimum absolute atomic E-state index is 0. The molecule has 27 heteroatoms. The van der Waals surface area contributed by atoms with Crippen molar-refractivity contribution in [3.05, 3.63) is 119 Å². The van der Waals surface area contributed by atoms with Crippen molar-refractivity contribution in [1.82, 2.24) is 9.80 Å². The summed E-state index contributed by atoms with van der Waals surface area (Å²) in [5, 5.41) is 45.5. The molecule has 4 N–H and O–H groups in total. The van der Waals surface area contributed by atoms with Crippen LogP contribution in [0.15, 0.2) is 139 Å². The van der Waals surface area contributed by atoms with Crippen molar-refractivity contribution in [3.63, 3.8) is 0 Å². The molecule has 4 aliphatic rings. The topological polar surface area (TPSA) is 224 Å². The van der Waals surface area contributed by atoms with Crippen LogP contribution in [0.25, 0.3) is 0 Å². The molecule has 0 aliphatic carbocycles. The maximum Gasteiger partial charge on any atom is 1.00 e. The molecule has 0 spiro atoms. The molecule has 474 valence electrons. The molecule has 5 aromatic rings. The van der Waals surface area contributed by atoms with Crippen molar-refractivity contribution >= 4 is 167 Å². The molecule has 0 amide bonds. The molecule has 4 aliphatic heterocycles. The molecule has 86 heavy (non-hydrogen) atoms. The van der Waals surface area contributed by atoms with Gasteiger partial charge in [0, 0.05) is 76.9 Å². The Morgan fingerprint density at radius 2 is 1.01 bits per heavy atom. The van der Waals surface area contributed by atoms with E-state index in [0.717, 1.165) is 95.2 Å². The van der Waals surface area contributed by atoms with E-state index >= 15 is 0 Å². The summed E-state index contributed by atoms with van der Waals surface area (Å²) in [6.07, 6.45) is 12.1. The first kappa shape index (κ1) is 88.7. The number of fused-ring (bicyclic) bond motifs is 4. The standard InChI is InChI=1S/C14H18BrNOS.C10H9BrO3S.C9H17NO3S.C8H7BrO2S.C7H4BrNOS.C6H5BrO.CH4O.CH4S.3CH4.Na/c1-16-9-2-3-10(16)7-12(6-9)18-11-4-5-14(17)13(15)8-11;1-6(12)14-10-4-3-8(5-9(10)11)15-7(2)13;1-10-7-3-4-8(10)6-9(5-7)13-14(2,11)12;1-5(10)11-8-3-2-6(12)4-7(8)9;8-6-3-5(11-4-9)1-2-7(6)10;7-5-3-1-2-4-6(5)8;2*1-2;;;;/h4-5,8-10,12,17H,2-3,6-7H2,1H3;3-5H,1-2H3;7-9H,3-6H2,1-2H3;2-4,12H,1H3;1-3,10H;1-4,8H;2*2H,1H3;3*1H4;/q;;;;;;;;;;;+1/p-1. The van der Waals surface area contributed by atoms with Gasteiger partial charge in [0.15, 0.2) is 5.12 Å². The number of thiocyanates is 1. The molecule has 15 nitrogen and oxygen atoms in total. The Kier molecular flexibility index (Phi) is 48.1. The molecular weight excluding hydrogens is 1560 g/mol. The number of nitriles is 1. The van der Waals surface area contributed by atoms with Crippen LogP contribution in [0.2, 0.25) is 0 Å². The molecule has 4 atom stereocenters. The summed E-state index contributed by atoms with van der Waals surface area (Å²) in [7, 11) is 2.12. The Balaban J connectivity index is -0.000000954. The number of carbonyl (C=O) groups is 3. The number of carbonyl (C=O) groups excluding carboxylic acids is 3. The predicted molar refractivity (Wildman–Crippen MR) is 372 cm³/mol. The number of hydrogen-bond acceptors (Lipinski definition) is 20. The number of hydrogen-bond donors (Lipinski definition) is 5. The van der Waals surface area contributed by atoms with Gasteiger partial charge in [-0.05, 0) is 242 Å². The first-order valence-electron chi connectivity index (χ1n) is 24.9. The van der Waals surface area contributed by atoms with E-state index in [1.807, 2.05) is 35.4 Å². The second kappa shape index (κ2) is 46.6. The Bertz CT molecular complexity index is 2960. The second-order valence-electron chi connectivity index (χ2n) is 18.1. The Morgan fingerprint density at radius 1 is 0.616 bits per heavy atom. The van der Waals surface area contributed by atoms with Gasteiger partial charge in [0.1, 0.15) is 34.1 Å². The quantitative estimate of drug-likeness (QED) is 0.0142. The molecule has 4 fully saturated rings. The number of esters is 2. The van der Waals surface area contributed by atoms with Gasteiger partial charge in [0.25, 0.3) is 10.1 Å². The van der Waals surface area contributed by atoms with Crippen LogP contribution in [-0.2, 0) is 41.3 Å². The number of para-hydroxylation sites is 1. The zero-order valence-corrected chi connectivity index (χ0v) is 62.0. The molecule has 0 aromatic heterocycles.